The van der Waals surface area contributed by atoms with Gasteiger partial charge in [-0.1, -0.05) is 134 Å². The molecular formula is C39H53NS4. The molecule has 44 heavy (non-hydrogen) atoms. The zero-order chi connectivity index (χ0) is 30.7. The minimum Gasteiger partial charge on any atom is -0.284 e. The van der Waals surface area contributed by atoms with Crippen molar-refractivity contribution in [2.45, 2.75) is 127 Å². The summed E-state index contributed by atoms with van der Waals surface area (Å²) in [6.45, 7) is 4.45. The highest BCUT2D eigenvalue weighted by Crippen LogP contribution is 2.41. The molecule has 3 aromatic heterocycles. The molecule has 3 heterocycles. The second kappa shape index (κ2) is 21.2. The smallest absolute Gasteiger partial charge is 0.0721 e. The molecule has 0 aliphatic rings. The quantitative estimate of drug-likeness (QED) is 0.0437. The van der Waals surface area contributed by atoms with Crippen molar-refractivity contribution in [1.29, 1.82) is 0 Å². The number of hydrogen-bond donors (Lipinski definition) is 0. The highest BCUT2D eigenvalue weighted by molar-refractivity contribution is 8.01. The van der Waals surface area contributed by atoms with Gasteiger partial charge in [0.25, 0.3) is 0 Å². The van der Waals surface area contributed by atoms with Gasteiger partial charge in [0.05, 0.1) is 10.3 Å². The largest absolute Gasteiger partial charge is 0.284 e. The number of nitrogens with zero attached hydrogens (tertiary/aromatic N) is 1. The Morgan fingerprint density at radius 2 is 1.07 bits per heavy atom. The van der Waals surface area contributed by atoms with E-state index in [4.69, 9.17) is 4.99 Å². The Balaban J connectivity index is 1.05. The fraction of sp³-hybridized carbons (Fsp3) is 0.513. The summed E-state index contributed by atoms with van der Waals surface area (Å²) in [5, 5.41) is 0. The van der Waals surface area contributed by atoms with E-state index in [1.807, 2.05) is 52.0 Å². The van der Waals surface area contributed by atoms with Gasteiger partial charge < -0.3 is 0 Å². The molecule has 1 aromatic carbocycles. The average molecular weight is 664 g/mol. The van der Waals surface area contributed by atoms with Crippen LogP contribution in [0.4, 0.5) is 0 Å². The molecule has 0 unspecified atom stereocenters. The Kier molecular flexibility index (Phi) is 17.0. The molecule has 0 saturated carbocycles. The molecule has 0 radical (unpaired) electrons. The van der Waals surface area contributed by atoms with Crippen molar-refractivity contribution in [1.82, 2.24) is 0 Å². The van der Waals surface area contributed by atoms with E-state index < -0.39 is 0 Å². The van der Waals surface area contributed by atoms with Gasteiger partial charge in [0.2, 0.25) is 0 Å². The van der Waals surface area contributed by atoms with Crippen LogP contribution in [0.5, 0.6) is 0 Å². The zero-order valence-corrected chi connectivity index (χ0v) is 30.4. The minimum atomic E-state index is 0.171. The minimum absolute atomic E-state index is 0.171. The lowest BCUT2D eigenvalue weighted by Crippen LogP contribution is -1.89. The van der Waals surface area contributed by atoms with Crippen molar-refractivity contribution < 1.29 is 0 Å². The van der Waals surface area contributed by atoms with Gasteiger partial charge in [0, 0.05) is 30.6 Å². The van der Waals surface area contributed by atoms with E-state index in [1.54, 1.807) is 0 Å². The number of aliphatic imine (C=N–C) groups is 1. The van der Waals surface area contributed by atoms with Crippen LogP contribution < -0.4 is 0 Å². The van der Waals surface area contributed by atoms with Gasteiger partial charge in [-0.3, -0.25) is 4.99 Å². The van der Waals surface area contributed by atoms with E-state index in [0.717, 1.165) is 0 Å². The first kappa shape index (κ1) is 35.2. The lowest BCUT2D eigenvalue weighted by atomic mass is 10.0. The van der Waals surface area contributed by atoms with E-state index in [1.165, 1.54) is 143 Å². The zero-order valence-electron chi connectivity index (χ0n) is 27.1. The second-order valence-corrected chi connectivity index (χ2v) is 16.7. The van der Waals surface area contributed by atoms with Crippen LogP contribution in [0.15, 0.2) is 75.9 Å². The first-order chi connectivity index (χ1) is 21.7. The molecule has 4 aromatic rings. The normalized spacial score (nSPS) is 12.4. The molecule has 1 nitrogen and oxygen atoms in total. The van der Waals surface area contributed by atoms with E-state index >= 15 is 0 Å². The summed E-state index contributed by atoms with van der Waals surface area (Å²) in [7, 11) is 0. The van der Waals surface area contributed by atoms with Crippen LogP contribution in [-0.2, 0) is 0 Å². The van der Waals surface area contributed by atoms with Crippen LogP contribution in [0, 0.1) is 0 Å². The highest BCUT2D eigenvalue weighted by Gasteiger charge is 2.10. The molecule has 0 bridgehead atoms. The van der Waals surface area contributed by atoms with Crippen LogP contribution in [0.2, 0.25) is 0 Å². The molecule has 5 heteroatoms. The molecule has 0 aliphatic carbocycles. The molecule has 238 valence electrons. The Hall–Kier alpha value is -1.66. The Bertz CT molecular complexity index is 1310. The number of thioether (sulfide) groups is 1. The predicted molar refractivity (Wildman–Crippen MR) is 204 cm³/mol. The first-order valence-corrected chi connectivity index (χ1v) is 20.7. The third kappa shape index (κ3) is 13.0. The Labute approximate surface area is 284 Å². The van der Waals surface area contributed by atoms with Crippen molar-refractivity contribution in [2.24, 2.45) is 4.99 Å². The van der Waals surface area contributed by atoms with E-state index in [-0.39, 0.29) is 6.04 Å². The monoisotopic (exact) mass is 663 g/mol. The molecule has 4 rings (SSSR count). The lowest BCUT2D eigenvalue weighted by Gasteiger charge is -2.04. The number of rotatable bonds is 23. The Morgan fingerprint density at radius 1 is 0.568 bits per heavy atom. The molecule has 0 spiro atoms. The third-order valence-electron chi connectivity index (χ3n) is 8.25. The molecule has 0 aliphatic heterocycles. The van der Waals surface area contributed by atoms with Crippen molar-refractivity contribution in [3.63, 3.8) is 0 Å². The van der Waals surface area contributed by atoms with Crippen LogP contribution in [0.25, 0.3) is 19.5 Å². The molecule has 0 amide bonds. The summed E-state index contributed by atoms with van der Waals surface area (Å²) in [6.07, 6.45) is 24.9. The molecule has 0 saturated heterocycles. The number of hydrogen-bond acceptors (Lipinski definition) is 5. The fourth-order valence-corrected chi connectivity index (χ4v) is 9.79. The van der Waals surface area contributed by atoms with E-state index in [9.17, 15) is 0 Å². The maximum absolute atomic E-state index is 4.79. The topological polar surface area (TPSA) is 12.4 Å². The van der Waals surface area contributed by atoms with E-state index in [2.05, 4.69) is 80.6 Å². The number of unbranched alkanes of at least 4 members (excludes halogenated alkanes) is 15. The van der Waals surface area contributed by atoms with Crippen LogP contribution in [0.1, 0.15) is 133 Å². The van der Waals surface area contributed by atoms with Gasteiger partial charge in [-0.05, 0) is 61.1 Å². The highest BCUT2D eigenvalue weighted by atomic mass is 32.2. The fourth-order valence-electron chi connectivity index (χ4n) is 5.51. The van der Waals surface area contributed by atoms with Gasteiger partial charge >= 0.3 is 0 Å². The summed E-state index contributed by atoms with van der Waals surface area (Å²) in [6, 6.07) is 24.3. The molecule has 1 atom stereocenters. The first-order valence-electron chi connectivity index (χ1n) is 17.2. The average Bonchev–Trinajstić information content (AvgIpc) is 3.83. The summed E-state index contributed by atoms with van der Waals surface area (Å²) in [4.78, 5) is 11.4. The van der Waals surface area contributed by atoms with Crippen LogP contribution in [-0.4, -0.2) is 12.0 Å². The van der Waals surface area contributed by atoms with Crippen molar-refractivity contribution in [3.05, 3.63) is 77.2 Å². The second-order valence-electron chi connectivity index (χ2n) is 12.0. The van der Waals surface area contributed by atoms with Crippen molar-refractivity contribution in [2.75, 3.05) is 5.75 Å². The standard InChI is InChI=1S/C39H53NS4/c1-3-4-5-6-7-8-9-10-11-12-13-14-15-16-17-21-30-41-39-29-28-38(44-39)37-27-26-36(43-37)35-25-24-34(42-35)31-40-32(2)33-22-19-18-20-23-33/h18-20,22-29,31-32H,3-17,21,30H2,1-2H3/t32-/m1/s1. The van der Waals surface area contributed by atoms with Gasteiger partial charge in [-0.2, -0.15) is 0 Å². The van der Waals surface area contributed by atoms with Gasteiger partial charge in [0.15, 0.2) is 0 Å². The van der Waals surface area contributed by atoms with Crippen LogP contribution >= 0.6 is 45.8 Å². The number of benzene rings is 1. The van der Waals surface area contributed by atoms with Gasteiger partial charge in [-0.25, -0.2) is 0 Å². The molecule has 0 fully saturated rings. The van der Waals surface area contributed by atoms with Gasteiger partial charge in [-0.15, -0.1) is 45.8 Å². The summed E-state index contributed by atoms with van der Waals surface area (Å²) in [5.41, 5.74) is 1.25. The lowest BCUT2D eigenvalue weighted by molar-refractivity contribution is 0.532. The van der Waals surface area contributed by atoms with Crippen molar-refractivity contribution in [3.8, 4) is 19.5 Å². The molecule has 0 N–H and O–H groups in total. The number of thiophene rings is 3. The summed E-state index contributed by atoms with van der Waals surface area (Å²) in [5.74, 6) is 1.25. The third-order valence-corrected chi connectivity index (χ3v) is 13.1. The molecular weight excluding hydrogens is 611 g/mol. The Morgan fingerprint density at radius 3 is 1.68 bits per heavy atom. The van der Waals surface area contributed by atoms with Gasteiger partial charge in [0.1, 0.15) is 0 Å². The van der Waals surface area contributed by atoms with Crippen LogP contribution in [0.3, 0.4) is 0 Å². The maximum atomic E-state index is 4.79. The summed E-state index contributed by atoms with van der Waals surface area (Å²) >= 11 is 7.73. The van der Waals surface area contributed by atoms with E-state index in [0.29, 0.717) is 0 Å². The maximum Gasteiger partial charge on any atom is 0.0721 e. The van der Waals surface area contributed by atoms with Crippen molar-refractivity contribution >= 4 is 52.0 Å². The summed E-state index contributed by atoms with van der Waals surface area (Å²) < 4.78 is 1.46. The SMILES string of the molecule is CCCCCCCCCCCCCCCCCCSc1ccc(-c2ccc(-c3ccc(C=N[C@H](C)c4ccccc4)s3)s2)s1. The predicted octanol–water partition coefficient (Wildman–Crippen LogP) is 14.7.